The first-order valence-electron chi connectivity index (χ1n) is 13.4. The molecule has 0 saturated carbocycles. The highest BCUT2D eigenvalue weighted by Gasteiger charge is 2.50. The predicted octanol–water partition coefficient (Wildman–Crippen LogP) is 2.89. The van der Waals surface area contributed by atoms with E-state index in [4.69, 9.17) is 14.2 Å². The molecule has 0 saturated heterocycles. The van der Waals surface area contributed by atoms with Crippen LogP contribution in [0.15, 0.2) is 0 Å². The molecule has 0 aliphatic carbocycles. The molecule has 222 valence electrons. The molecular formula is C27H48O11. The SMILES string of the molecule is CCC(C(=O)O)C(CC)(CCO)C(=O)OCC(CC)(COC)COC(=O)C(CC)(CCO)C(CC)C(=O)O. The summed E-state index contributed by atoms with van der Waals surface area (Å²) < 4.78 is 16.7. The molecule has 0 rings (SSSR count). The molecule has 0 spiro atoms. The summed E-state index contributed by atoms with van der Waals surface area (Å²) in [4.78, 5) is 50.6. The molecule has 0 amide bonds. The molecule has 0 bridgehead atoms. The van der Waals surface area contributed by atoms with Crippen LogP contribution in [0.2, 0.25) is 0 Å². The third-order valence-corrected chi connectivity index (χ3v) is 8.16. The first-order valence-corrected chi connectivity index (χ1v) is 13.4. The first-order chi connectivity index (χ1) is 17.9. The van der Waals surface area contributed by atoms with Crippen molar-refractivity contribution in [1.29, 1.82) is 0 Å². The van der Waals surface area contributed by atoms with Crippen molar-refractivity contribution < 1.29 is 53.8 Å². The van der Waals surface area contributed by atoms with Crippen LogP contribution in [0.4, 0.5) is 0 Å². The molecule has 4 N–H and O–H groups in total. The lowest BCUT2D eigenvalue weighted by Crippen LogP contribution is -2.48. The summed E-state index contributed by atoms with van der Waals surface area (Å²) >= 11 is 0. The van der Waals surface area contributed by atoms with E-state index >= 15 is 0 Å². The maximum absolute atomic E-state index is 13.4. The fraction of sp³-hybridized carbons (Fsp3) is 0.852. The number of aliphatic hydroxyl groups is 2. The average Bonchev–Trinajstić information content (AvgIpc) is 2.89. The Hall–Kier alpha value is -2.24. The van der Waals surface area contributed by atoms with Crippen molar-refractivity contribution in [3.63, 3.8) is 0 Å². The molecule has 0 aromatic heterocycles. The topological polar surface area (TPSA) is 177 Å². The van der Waals surface area contributed by atoms with Crippen LogP contribution < -0.4 is 0 Å². The monoisotopic (exact) mass is 548 g/mol. The zero-order valence-corrected chi connectivity index (χ0v) is 23.8. The lowest BCUT2D eigenvalue weighted by atomic mass is 9.69. The van der Waals surface area contributed by atoms with Crippen LogP contribution in [0.25, 0.3) is 0 Å². The number of carboxylic acids is 2. The number of carboxylic acid groups (broad SMARTS) is 2. The zero-order chi connectivity index (χ0) is 29.6. The van der Waals surface area contributed by atoms with Crippen molar-refractivity contribution in [2.45, 2.75) is 79.6 Å². The molecule has 0 aromatic carbocycles. The van der Waals surface area contributed by atoms with E-state index in [1.54, 1.807) is 34.6 Å². The highest BCUT2D eigenvalue weighted by molar-refractivity contribution is 5.85. The minimum Gasteiger partial charge on any atom is -0.481 e. The number of hydrogen-bond donors (Lipinski definition) is 4. The molecule has 0 radical (unpaired) electrons. The zero-order valence-electron chi connectivity index (χ0n) is 23.8. The standard InChI is InChI=1S/C27H48O11/c1-7-19(21(30)31)26(10-4,12-14-28)23(34)37-17-25(9-3,16-36-6)18-38-24(35)27(11-5,13-15-29)20(8-2)22(32)33/h19-20,28-29H,7-18H2,1-6H3,(H,30,31)(H,32,33). The van der Waals surface area contributed by atoms with Gasteiger partial charge in [0, 0.05) is 20.3 Å². The van der Waals surface area contributed by atoms with E-state index in [1.165, 1.54) is 7.11 Å². The minimum atomic E-state index is -1.44. The molecule has 38 heavy (non-hydrogen) atoms. The van der Waals surface area contributed by atoms with E-state index in [0.29, 0.717) is 6.42 Å². The van der Waals surface area contributed by atoms with Crippen LogP contribution in [-0.4, -0.2) is 84.4 Å². The fourth-order valence-corrected chi connectivity index (χ4v) is 5.44. The van der Waals surface area contributed by atoms with Gasteiger partial charge in [-0.15, -0.1) is 0 Å². The Bertz CT molecular complexity index is 712. The van der Waals surface area contributed by atoms with Crippen molar-refractivity contribution >= 4 is 23.9 Å². The Morgan fingerprint density at radius 1 is 0.658 bits per heavy atom. The fourth-order valence-electron chi connectivity index (χ4n) is 5.44. The average molecular weight is 549 g/mol. The van der Waals surface area contributed by atoms with Crippen LogP contribution in [0.1, 0.15) is 79.6 Å². The second kappa shape index (κ2) is 16.7. The molecule has 4 unspecified atom stereocenters. The van der Waals surface area contributed by atoms with Gasteiger partial charge in [-0.2, -0.15) is 0 Å². The molecule has 0 heterocycles. The van der Waals surface area contributed by atoms with Gasteiger partial charge >= 0.3 is 23.9 Å². The number of carbonyl (C=O) groups excluding carboxylic acids is 2. The Balaban J connectivity index is 6.08. The maximum Gasteiger partial charge on any atom is 0.313 e. The van der Waals surface area contributed by atoms with Crippen molar-refractivity contribution in [2.75, 3.05) is 40.1 Å². The Morgan fingerprint density at radius 3 is 1.24 bits per heavy atom. The van der Waals surface area contributed by atoms with Gasteiger partial charge in [-0.25, -0.2) is 0 Å². The molecule has 11 heteroatoms. The summed E-state index contributed by atoms with van der Waals surface area (Å²) in [6, 6.07) is 0. The number of carbonyl (C=O) groups is 4. The smallest absolute Gasteiger partial charge is 0.313 e. The Labute approximate surface area is 225 Å². The van der Waals surface area contributed by atoms with Gasteiger partial charge < -0.3 is 34.6 Å². The van der Waals surface area contributed by atoms with E-state index in [9.17, 15) is 39.6 Å². The molecule has 0 aliphatic heterocycles. The molecule has 0 fully saturated rings. The lowest BCUT2D eigenvalue weighted by molar-refractivity contribution is -0.181. The van der Waals surface area contributed by atoms with Crippen LogP contribution in [0.5, 0.6) is 0 Å². The van der Waals surface area contributed by atoms with E-state index < -0.39 is 65.2 Å². The van der Waals surface area contributed by atoms with Gasteiger partial charge in [-0.3, -0.25) is 19.2 Å². The highest BCUT2D eigenvalue weighted by atomic mass is 16.6. The van der Waals surface area contributed by atoms with Crippen molar-refractivity contribution in [3.8, 4) is 0 Å². The van der Waals surface area contributed by atoms with E-state index in [-0.39, 0.29) is 58.3 Å². The third kappa shape index (κ3) is 8.13. The summed E-state index contributed by atoms with van der Waals surface area (Å²) in [7, 11) is 1.44. The summed E-state index contributed by atoms with van der Waals surface area (Å²) in [6.07, 6.45) is 0.801. The maximum atomic E-state index is 13.4. The molecular weight excluding hydrogens is 500 g/mol. The summed E-state index contributed by atoms with van der Waals surface area (Å²) in [5, 5.41) is 38.7. The molecule has 0 aromatic rings. The molecule has 4 atom stereocenters. The van der Waals surface area contributed by atoms with Crippen molar-refractivity contribution in [3.05, 3.63) is 0 Å². The number of hydrogen-bond acceptors (Lipinski definition) is 9. The van der Waals surface area contributed by atoms with Gasteiger partial charge in [-0.05, 0) is 44.9 Å². The number of esters is 2. The minimum absolute atomic E-state index is 0.0363. The van der Waals surface area contributed by atoms with Gasteiger partial charge in [0.2, 0.25) is 0 Å². The van der Waals surface area contributed by atoms with E-state index in [0.717, 1.165) is 0 Å². The summed E-state index contributed by atoms with van der Waals surface area (Å²) in [5.74, 6) is -5.96. The number of rotatable bonds is 21. The second-order valence-electron chi connectivity index (χ2n) is 10.0. The normalized spacial score (nSPS) is 17.8. The summed E-state index contributed by atoms with van der Waals surface area (Å²) in [6.45, 7) is 7.19. The van der Waals surface area contributed by atoms with Crippen molar-refractivity contribution in [2.24, 2.45) is 28.1 Å². The number of aliphatic carboxylic acids is 2. The van der Waals surface area contributed by atoms with Gasteiger partial charge in [0.15, 0.2) is 0 Å². The number of ether oxygens (including phenoxy) is 3. The Morgan fingerprint density at radius 2 is 1.03 bits per heavy atom. The number of aliphatic hydroxyl groups excluding tert-OH is 2. The van der Waals surface area contributed by atoms with Crippen LogP contribution >= 0.6 is 0 Å². The van der Waals surface area contributed by atoms with Crippen molar-refractivity contribution in [1.82, 2.24) is 0 Å². The molecule has 11 nitrogen and oxygen atoms in total. The second-order valence-corrected chi connectivity index (χ2v) is 10.0. The lowest BCUT2D eigenvalue weighted by Gasteiger charge is -2.39. The predicted molar refractivity (Wildman–Crippen MR) is 138 cm³/mol. The van der Waals surface area contributed by atoms with E-state index in [1.807, 2.05) is 0 Å². The van der Waals surface area contributed by atoms with Gasteiger partial charge in [0.25, 0.3) is 0 Å². The quantitative estimate of drug-likeness (QED) is 0.155. The summed E-state index contributed by atoms with van der Waals surface area (Å²) in [5.41, 5.74) is -3.87. The van der Waals surface area contributed by atoms with Gasteiger partial charge in [-0.1, -0.05) is 34.6 Å². The van der Waals surface area contributed by atoms with E-state index in [2.05, 4.69) is 0 Å². The van der Waals surface area contributed by atoms with Gasteiger partial charge in [0.1, 0.15) is 13.2 Å². The Kier molecular flexibility index (Phi) is 15.7. The molecule has 0 aliphatic rings. The van der Waals surface area contributed by atoms with Crippen LogP contribution in [-0.2, 0) is 33.4 Å². The largest absolute Gasteiger partial charge is 0.481 e. The third-order valence-electron chi connectivity index (χ3n) is 8.16. The first kappa shape index (κ1) is 35.8. The highest BCUT2D eigenvalue weighted by Crippen LogP contribution is 2.41. The van der Waals surface area contributed by atoms with Gasteiger partial charge in [0.05, 0.1) is 34.7 Å². The van der Waals surface area contributed by atoms with Crippen LogP contribution in [0.3, 0.4) is 0 Å². The number of methoxy groups -OCH3 is 1. The van der Waals surface area contributed by atoms with Crippen LogP contribution in [0, 0.1) is 28.1 Å².